The van der Waals surface area contributed by atoms with Crippen LogP contribution in [0.15, 0.2) is 16.9 Å². The molecule has 3 heterocycles. The van der Waals surface area contributed by atoms with Crippen LogP contribution in [0, 0.1) is 0 Å². The van der Waals surface area contributed by atoms with Crippen molar-refractivity contribution in [3.63, 3.8) is 0 Å². The molecule has 2 N–H and O–H groups in total. The predicted octanol–water partition coefficient (Wildman–Crippen LogP) is 0.662. The third-order valence-corrected chi connectivity index (χ3v) is 3.38. The van der Waals surface area contributed by atoms with Crippen LogP contribution in [0.1, 0.15) is 30.7 Å². The summed E-state index contributed by atoms with van der Waals surface area (Å²) < 4.78 is 1.52. The molecular weight excluding hydrogens is 216 g/mol. The van der Waals surface area contributed by atoms with Crippen molar-refractivity contribution in [3.05, 3.63) is 33.9 Å². The fraction of sp³-hybridized carbons (Fsp3) is 0.500. The topological polar surface area (TPSA) is 62.2 Å². The van der Waals surface area contributed by atoms with E-state index in [0.717, 1.165) is 43.0 Å². The Bertz CT molecular complexity index is 592. The highest BCUT2D eigenvalue weighted by atomic mass is 16.1. The average molecular weight is 232 g/mol. The van der Waals surface area contributed by atoms with Gasteiger partial charge in [-0.1, -0.05) is 6.92 Å². The van der Waals surface area contributed by atoms with Gasteiger partial charge >= 0.3 is 0 Å². The third kappa shape index (κ3) is 1.76. The lowest BCUT2D eigenvalue weighted by atomic mass is 10.1. The Balaban J connectivity index is 2.12. The van der Waals surface area contributed by atoms with Crippen LogP contribution in [0.2, 0.25) is 0 Å². The number of nitrogens with one attached hydrogen (secondary N) is 2. The van der Waals surface area contributed by atoms with E-state index >= 15 is 0 Å². The number of H-pyrrole nitrogens is 1. The van der Waals surface area contributed by atoms with Crippen molar-refractivity contribution in [1.29, 1.82) is 0 Å². The Labute approximate surface area is 98.9 Å². The van der Waals surface area contributed by atoms with Gasteiger partial charge in [0.1, 0.15) is 0 Å². The standard InChI is InChI=1S/C12H16N4O/c1-2-9-5-11-14-10(8-3-4-13-7-8)6-12(17)16(11)15-9/h5-6,8,13,15H,2-4,7H2,1H3. The molecule has 0 saturated carbocycles. The van der Waals surface area contributed by atoms with E-state index in [0.29, 0.717) is 5.92 Å². The quantitative estimate of drug-likeness (QED) is 0.799. The van der Waals surface area contributed by atoms with Gasteiger partial charge in [-0.2, -0.15) is 0 Å². The van der Waals surface area contributed by atoms with Gasteiger partial charge < -0.3 is 5.32 Å². The fourth-order valence-corrected chi connectivity index (χ4v) is 2.36. The Kier molecular flexibility index (Phi) is 2.48. The average Bonchev–Trinajstić information content (AvgIpc) is 2.97. The van der Waals surface area contributed by atoms with Crippen LogP contribution in [0.4, 0.5) is 0 Å². The first-order valence-electron chi connectivity index (χ1n) is 6.10. The van der Waals surface area contributed by atoms with Crippen molar-refractivity contribution in [2.45, 2.75) is 25.7 Å². The lowest BCUT2D eigenvalue weighted by molar-refractivity contribution is 0.724. The van der Waals surface area contributed by atoms with Gasteiger partial charge in [0.2, 0.25) is 0 Å². The van der Waals surface area contributed by atoms with Gasteiger partial charge in [-0.15, -0.1) is 0 Å². The molecule has 5 nitrogen and oxygen atoms in total. The summed E-state index contributed by atoms with van der Waals surface area (Å²) in [6, 6.07) is 3.61. The van der Waals surface area contributed by atoms with Gasteiger partial charge in [0.25, 0.3) is 5.56 Å². The largest absolute Gasteiger partial charge is 0.316 e. The van der Waals surface area contributed by atoms with E-state index in [-0.39, 0.29) is 5.56 Å². The first-order chi connectivity index (χ1) is 8.28. The molecule has 0 amide bonds. The summed E-state index contributed by atoms with van der Waals surface area (Å²) in [5.74, 6) is 0.382. The Morgan fingerprint density at radius 3 is 3.12 bits per heavy atom. The Morgan fingerprint density at radius 1 is 1.53 bits per heavy atom. The highest BCUT2D eigenvalue weighted by Crippen LogP contribution is 2.19. The molecule has 0 aromatic carbocycles. The minimum absolute atomic E-state index is 0.0170. The van der Waals surface area contributed by atoms with E-state index in [2.05, 4.69) is 22.3 Å². The maximum absolute atomic E-state index is 12.0. The number of hydrogen-bond donors (Lipinski definition) is 2. The van der Waals surface area contributed by atoms with Crippen LogP contribution in [-0.4, -0.2) is 27.7 Å². The molecule has 3 rings (SSSR count). The zero-order valence-corrected chi connectivity index (χ0v) is 9.86. The second-order valence-electron chi connectivity index (χ2n) is 4.54. The third-order valence-electron chi connectivity index (χ3n) is 3.38. The summed E-state index contributed by atoms with van der Waals surface area (Å²) >= 11 is 0. The number of fused-ring (bicyclic) bond motifs is 1. The molecule has 1 aliphatic rings. The van der Waals surface area contributed by atoms with Crippen molar-refractivity contribution in [2.24, 2.45) is 0 Å². The summed E-state index contributed by atoms with van der Waals surface area (Å²) in [5.41, 5.74) is 2.67. The lowest BCUT2D eigenvalue weighted by Gasteiger charge is -2.06. The monoisotopic (exact) mass is 232 g/mol. The molecule has 2 aromatic heterocycles. The molecule has 0 radical (unpaired) electrons. The maximum Gasteiger partial charge on any atom is 0.272 e. The van der Waals surface area contributed by atoms with Crippen molar-refractivity contribution in [1.82, 2.24) is 19.9 Å². The summed E-state index contributed by atoms with van der Waals surface area (Å²) in [6.07, 6.45) is 1.94. The number of rotatable bonds is 2. The molecule has 90 valence electrons. The molecule has 1 saturated heterocycles. The van der Waals surface area contributed by atoms with Crippen molar-refractivity contribution < 1.29 is 0 Å². The van der Waals surface area contributed by atoms with Crippen LogP contribution in [0.25, 0.3) is 5.65 Å². The van der Waals surface area contributed by atoms with E-state index in [1.807, 2.05) is 6.07 Å². The first-order valence-corrected chi connectivity index (χ1v) is 6.10. The lowest BCUT2D eigenvalue weighted by Crippen LogP contribution is -2.18. The second-order valence-corrected chi connectivity index (χ2v) is 4.54. The van der Waals surface area contributed by atoms with Gasteiger partial charge in [0.05, 0.1) is 5.69 Å². The van der Waals surface area contributed by atoms with Crippen LogP contribution < -0.4 is 10.9 Å². The van der Waals surface area contributed by atoms with Gasteiger partial charge in [0, 0.05) is 30.3 Å². The molecule has 5 heteroatoms. The number of hydrogen-bond acceptors (Lipinski definition) is 3. The molecule has 1 unspecified atom stereocenters. The second kappa shape index (κ2) is 4.00. The minimum atomic E-state index is -0.0170. The van der Waals surface area contributed by atoms with Gasteiger partial charge in [0.15, 0.2) is 5.65 Å². The SMILES string of the molecule is CCc1cc2nc(C3CCNC3)cc(=O)n2[nH]1. The fourth-order valence-electron chi connectivity index (χ4n) is 2.36. The number of nitrogens with zero attached hydrogens (tertiary/aromatic N) is 2. The summed E-state index contributed by atoms with van der Waals surface area (Å²) in [7, 11) is 0. The molecule has 17 heavy (non-hydrogen) atoms. The van der Waals surface area contributed by atoms with E-state index in [1.54, 1.807) is 6.07 Å². The summed E-state index contributed by atoms with van der Waals surface area (Å²) in [6.45, 7) is 3.99. The highest BCUT2D eigenvalue weighted by Gasteiger charge is 2.19. The predicted molar refractivity (Wildman–Crippen MR) is 65.4 cm³/mol. The highest BCUT2D eigenvalue weighted by molar-refractivity contribution is 5.40. The minimum Gasteiger partial charge on any atom is -0.316 e. The van der Waals surface area contributed by atoms with Crippen molar-refractivity contribution in [3.8, 4) is 0 Å². The maximum atomic E-state index is 12.0. The zero-order chi connectivity index (χ0) is 11.8. The molecule has 0 spiro atoms. The smallest absolute Gasteiger partial charge is 0.272 e. The van der Waals surface area contributed by atoms with Crippen LogP contribution in [0.5, 0.6) is 0 Å². The number of aromatic nitrogens is 3. The summed E-state index contributed by atoms with van der Waals surface area (Å²) in [5, 5.41) is 6.36. The number of aromatic amines is 1. The van der Waals surface area contributed by atoms with Crippen LogP contribution >= 0.6 is 0 Å². The molecular formula is C12H16N4O. The Morgan fingerprint density at radius 2 is 2.41 bits per heavy atom. The zero-order valence-electron chi connectivity index (χ0n) is 9.86. The summed E-state index contributed by atoms with van der Waals surface area (Å²) in [4.78, 5) is 16.5. The molecule has 2 aromatic rings. The normalized spacial score (nSPS) is 20.2. The molecule has 0 bridgehead atoms. The number of aryl methyl sites for hydroxylation is 1. The molecule has 1 atom stereocenters. The van der Waals surface area contributed by atoms with Gasteiger partial charge in [-0.25, -0.2) is 9.50 Å². The van der Waals surface area contributed by atoms with Crippen LogP contribution in [0.3, 0.4) is 0 Å². The van der Waals surface area contributed by atoms with Crippen molar-refractivity contribution in [2.75, 3.05) is 13.1 Å². The molecule has 1 aliphatic heterocycles. The molecule has 0 aliphatic carbocycles. The van der Waals surface area contributed by atoms with E-state index in [1.165, 1.54) is 4.52 Å². The molecule has 1 fully saturated rings. The Hall–Kier alpha value is -1.62. The van der Waals surface area contributed by atoms with Gasteiger partial charge in [-0.3, -0.25) is 9.89 Å². The van der Waals surface area contributed by atoms with Gasteiger partial charge in [-0.05, 0) is 19.4 Å². The van der Waals surface area contributed by atoms with E-state index in [4.69, 9.17) is 0 Å². The van der Waals surface area contributed by atoms with Crippen molar-refractivity contribution >= 4 is 5.65 Å². The van der Waals surface area contributed by atoms with Crippen LogP contribution in [-0.2, 0) is 6.42 Å². The van der Waals surface area contributed by atoms with E-state index < -0.39 is 0 Å². The van der Waals surface area contributed by atoms with E-state index in [9.17, 15) is 4.79 Å². The first kappa shape index (κ1) is 10.5.